The molecule has 146 valence electrons. The number of rotatable bonds is 7. The van der Waals surface area contributed by atoms with Gasteiger partial charge in [0.2, 0.25) is 5.95 Å². The summed E-state index contributed by atoms with van der Waals surface area (Å²) in [6, 6.07) is 8.48. The number of halogens is 2. The second kappa shape index (κ2) is 8.71. The van der Waals surface area contributed by atoms with Gasteiger partial charge in [0.05, 0.1) is 18.3 Å². The molecule has 1 aromatic carbocycles. The van der Waals surface area contributed by atoms with Crippen LogP contribution in [0.2, 0.25) is 0 Å². The van der Waals surface area contributed by atoms with E-state index in [9.17, 15) is 13.9 Å². The van der Waals surface area contributed by atoms with Crippen molar-refractivity contribution in [3.63, 3.8) is 0 Å². The Bertz CT molecular complexity index is 917. The highest BCUT2D eigenvalue weighted by atomic mass is 19.1. The van der Waals surface area contributed by atoms with Gasteiger partial charge in [-0.25, -0.2) is 13.8 Å². The molecule has 0 unspecified atom stereocenters. The number of nitrogens with zero attached hydrogens (tertiary/aromatic N) is 3. The molecule has 0 saturated heterocycles. The van der Waals surface area contributed by atoms with Gasteiger partial charge in [-0.3, -0.25) is 4.98 Å². The van der Waals surface area contributed by atoms with E-state index in [2.05, 4.69) is 25.6 Å². The number of aromatic nitrogens is 3. The highest BCUT2D eigenvalue weighted by molar-refractivity contribution is 5.67. The normalized spacial score (nSPS) is 12.1. The van der Waals surface area contributed by atoms with Gasteiger partial charge in [-0.2, -0.15) is 4.98 Å². The average molecular weight is 385 g/mol. The first kappa shape index (κ1) is 19.6. The topological polar surface area (TPSA) is 83.0 Å². The van der Waals surface area contributed by atoms with Gasteiger partial charge in [-0.1, -0.05) is 19.9 Å². The second-order valence-electron chi connectivity index (χ2n) is 6.60. The minimum Gasteiger partial charge on any atom is -0.394 e. The fraction of sp³-hybridized carbons (Fsp3) is 0.250. The molecule has 0 radical (unpaired) electrons. The summed E-state index contributed by atoms with van der Waals surface area (Å²) in [5.41, 5.74) is 1.01. The van der Waals surface area contributed by atoms with E-state index in [1.165, 1.54) is 6.07 Å². The number of anilines is 3. The van der Waals surface area contributed by atoms with E-state index >= 15 is 0 Å². The van der Waals surface area contributed by atoms with Crippen molar-refractivity contribution in [1.29, 1.82) is 0 Å². The van der Waals surface area contributed by atoms with Crippen molar-refractivity contribution in [3.8, 4) is 11.3 Å². The number of para-hydroxylation sites is 1. The molecule has 0 amide bonds. The van der Waals surface area contributed by atoms with Gasteiger partial charge in [-0.05, 0) is 30.2 Å². The third kappa shape index (κ3) is 4.58. The third-order valence-corrected chi connectivity index (χ3v) is 4.23. The van der Waals surface area contributed by atoms with Crippen LogP contribution in [0, 0.1) is 17.6 Å². The van der Waals surface area contributed by atoms with Gasteiger partial charge in [0.1, 0.15) is 23.1 Å². The molecule has 0 aliphatic carbocycles. The van der Waals surface area contributed by atoms with E-state index in [-0.39, 0.29) is 36.0 Å². The van der Waals surface area contributed by atoms with Crippen LogP contribution in [0.25, 0.3) is 11.3 Å². The molecule has 0 aliphatic heterocycles. The largest absolute Gasteiger partial charge is 0.394 e. The lowest BCUT2D eigenvalue weighted by molar-refractivity contribution is 0.248. The lowest BCUT2D eigenvalue weighted by atomic mass is 10.1. The van der Waals surface area contributed by atoms with E-state index in [1.807, 2.05) is 13.8 Å². The van der Waals surface area contributed by atoms with Crippen molar-refractivity contribution in [1.82, 2.24) is 15.0 Å². The minimum atomic E-state index is -0.728. The van der Waals surface area contributed by atoms with Crippen LogP contribution in [-0.4, -0.2) is 32.7 Å². The van der Waals surface area contributed by atoms with Crippen LogP contribution < -0.4 is 10.6 Å². The highest BCUT2D eigenvalue weighted by Gasteiger charge is 2.16. The van der Waals surface area contributed by atoms with Crippen molar-refractivity contribution in [3.05, 3.63) is 60.4 Å². The molecule has 3 rings (SSSR count). The average Bonchev–Trinajstić information content (AvgIpc) is 2.69. The molecule has 2 aromatic heterocycles. The fourth-order valence-corrected chi connectivity index (χ4v) is 2.58. The summed E-state index contributed by atoms with van der Waals surface area (Å²) >= 11 is 0. The zero-order chi connectivity index (χ0) is 20.1. The van der Waals surface area contributed by atoms with E-state index in [4.69, 9.17) is 0 Å². The Balaban J connectivity index is 2.02. The molecule has 0 aliphatic rings. The number of pyridine rings is 1. The van der Waals surface area contributed by atoms with E-state index < -0.39 is 11.6 Å². The number of nitrogens with one attached hydrogen (secondary N) is 2. The predicted octanol–water partition coefficient (Wildman–Crippen LogP) is 3.99. The van der Waals surface area contributed by atoms with Crippen LogP contribution >= 0.6 is 0 Å². The zero-order valence-electron chi connectivity index (χ0n) is 15.5. The predicted molar refractivity (Wildman–Crippen MR) is 104 cm³/mol. The zero-order valence-corrected chi connectivity index (χ0v) is 15.5. The minimum absolute atomic E-state index is 0.106. The first-order chi connectivity index (χ1) is 13.5. The summed E-state index contributed by atoms with van der Waals surface area (Å²) in [4.78, 5) is 12.8. The van der Waals surface area contributed by atoms with Crippen molar-refractivity contribution >= 4 is 17.5 Å². The number of benzene rings is 1. The number of aliphatic hydroxyl groups is 1. The Morgan fingerprint density at radius 2 is 1.71 bits per heavy atom. The van der Waals surface area contributed by atoms with Crippen molar-refractivity contribution in [2.45, 2.75) is 19.9 Å². The molecule has 6 nitrogen and oxygen atoms in total. The molecule has 0 spiro atoms. The molecule has 3 aromatic rings. The molecule has 0 bridgehead atoms. The van der Waals surface area contributed by atoms with Crippen LogP contribution in [0.3, 0.4) is 0 Å². The summed E-state index contributed by atoms with van der Waals surface area (Å²) in [5.74, 6) is -0.878. The first-order valence-electron chi connectivity index (χ1n) is 8.86. The van der Waals surface area contributed by atoms with Crippen molar-refractivity contribution in [2.24, 2.45) is 5.92 Å². The van der Waals surface area contributed by atoms with Crippen LogP contribution in [0.4, 0.5) is 26.2 Å². The molecule has 28 heavy (non-hydrogen) atoms. The summed E-state index contributed by atoms with van der Waals surface area (Å²) < 4.78 is 28.1. The van der Waals surface area contributed by atoms with Gasteiger partial charge in [0.15, 0.2) is 0 Å². The van der Waals surface area contributed by atoms with Gasteiger partial charge in [0, 0.05) is 24.0 Å². The van der Waals surface area contributed by atoms with Gasteiger partial charge >= 0.3 is 0 Å². The summed E-state index contributed by atoms with van der Waals surface area (Å²) in [6.45, 7) is 3.80. The Kier molecular flexibility index (Phi) is 6.10. The lowest BCUT2D eigenvalue weighted by Gasteiger charge is -2.20. The Labute approximate surface area is 161 Å². The molecular formula is C20H21F2N5O. The van der Waals surface area contributed by atoms with Crippen molar-refractivity contribution < 1.29 is 13.9 Å². The molecule has 3 N–H and O–H groups in total. The van der Waals surface area contributed by atoms with Crippen LogP contribution in [0.5, 0.6) is 0 Å². The SMILES string of the molecule is CC(C)[C@@H](CO)Nc1nc(Nc2c(F)cccc2F)cc(-c2ccncc2)n1. The standard InChI is InChI=1S/C20H21F2N5O/c1-12(2)17(11-28)25-20-24-16(13-6-8-23-9-7-13)10-18(27-20)26-19-14(21)4-3-5-15(19)22/h3-10,12,17,28H,11H2,1-2H3,(H2,24,25,26,27)/t17-/m1/s1. The Morgan fingerprint density at radius 3 is 2.32 bits per heavy atom. The maximum atomic E-state index is 14.0. The van der Waals surface area contributed by atoms with Crippen LogP contribution in [0.15, 0.2) is 48.8 Å². The number of hydrogen-bond acceptors (Lipinski definition) is 6. The molecular weight excluding hydrogens is 364 g/mol. The molecule has 1 atom stereocenters. The Hall–Kier alpha value is -3.13. The molecule has 2 heterocycles. The Morgan fingerprint density at radius 1 is 1.04 bits per heavy atom. The quantitative estimate of drug-likeness (QED) is 0.570. The summed E-state index contributed by atoms with van der Waals surface area (Å²) in [5, 5.41) is 15.4. The van der Waals surface area contributed by atoms with Gasteiger partial charge in [-0.15, -0.1) is 0 Å². The molecule has 8 heteroatoms. The van der Waals surface area contributed by atoms with Gasteiger partial charge < -0.3 is 15.7 Å². The van der Waals surface area contributed by atoms with Crippen LogP contribution in [0.1, 0.15) is 13.8 Å². The maximum Gasteiger partial charge on any atom is 0.225 e. The van der Waals surface area contributed by atoms with E-state index in [0.717, 1.165) is 17.7 Å². The smallest absolute Gasteiger partial charge is 0.225 e. The number of aliphatic hydroxyl groups excluding tert-OH is 1. The summed E-state index contributed by atoms with van der Waals surface area (Å²) in [6.07, 6.45) is 3.25. The van der Waals surface area contributed by atoms with E-state index in [1.54, 1.807) is 30.6 Å². The maximum absolute atomic E-state index is 14.0. The monoisotopic (exact) mass is 385 g/mol. The third-order valence-electron chi connectivity index (χ3n) is 4.23. The van der Waals surface area contributed by atoms with Crippen LogP contribution in [-0.2, 0) is 0 Å². The van der Waals surface area contributed by atoms with Gasteiger partial charge in [0.25, 0.3) is 0 Å². The molecule has 0 saturated carbocycles. The lowest BCUT2D eigenvalue weighted by Crippen LogP contribution is -2.30. The first-order valence-corrected chi connectivity index (χ1v) is 8.86. The second-order valence-corrected chi connectivity index (χ2v) is 6.60. The van der Waals surface area contributed by atoms with Crippen molar-refractivity contribution in [2.75, 3.05) is 17.2 Å². The molecule has 0 fully saturated rings. The fourth-order valence-electron chi connectivity index (χ4n) is 2.58. The number of hydrogen-bond donors (Lipinski definition) is 3. The van der Waals surface area contributed by atoms with E-state index in [0.29, 0.717) is 5.69 Å². The highest BCUT2D eigenvalue weighted by Crippen LogP contribution is 2.26. The summed E-state index contributed by atoms with van der Waals surface area (Å²) in [7, 11) is 0.